The molecule has 1 N–H and O–H groups in total. The maximum Gasteiger partial charge on any atom is 0.341 e. The Kier molecular flexibility index (Phi) is 5.68. The van der Waals surface area contributed by atoms with Gasteiger partial charge in [0.05, 0.1) is 15.8 Å². The number of aromatic nitrogens is 1. The number of benzene rings is 3. The normalized spacial score (nSPS) is 11.4. The Hall–Kier alpha value is -3.77. The molecule has 0 saturated heterocycles. The van der Waals surface area contributed by atoms with Crippen LogP contribution in [-0.4, -0.2) is 28.4 Å². The van der Waals surface area contributed by atoms with E-state index < -0.39 is 12.6 Å². The number of ether oxygens (including phenoxy) is 1. The Bertz CT molecular complexity index is 1190. The number of thiazole rings is 1. The van der Waals surface area contributed by atoms with Gasteiger partial charge in [-0.15, -0.1) is 11.3 Å². The Balaban J connectivity index is 1.73. The summed E-state index contributed by atoms with van der Waals surface area (Å²) in [7, 11) is 0. The van der Waals surface area contributed by atoms with Gasteiger partial charge in [0.15, 0.2) is 12.4 Å². The molecule has 0 atom stereocenters. The highest BCUT2D eigenvalue weighted by Gasteiger charge is 2.18. The quantitative estimate of drug-likeness (QED) is 0.332. The minimum Gasteiger partial charge on any atom is -0.482 e. The van der Waals surface area contributed by atoms with Crippen LogP contribution in [0.5, 0.6) is 5.75 Å². The number of ketones is 1. The van der Waals surface area contributed by atoms with Gasteiger partial charge in [0.25, 0.3) is 0 Å². The van der Waals surface area contributed by atoms with Crippen LogP contribution in [0.3, 0.4) is 0 Å². The largest absolute Gasteiger partial charge is 0.482 e. The van der Waals surface area contributed by atoms with Crippen molar-refractivity contribution in [1.29, 1.82) is 0 Å². The monoisotopic (exact) mass is 415 g/mol. The van der Waals surface area contributed by atoms with Gasteiger partial charge in [0.1, 0.15) is 10.8 Å². The summed E-state index contributed by atoms with van der Waals surface area (Å²) in [6.07, 6.45) is 1.80. The molecule has 0 saturated carbocycles. The number of Topliss-reactive ketones (excluding diaryl/α,β-unsaturated/α-hetero) is 1. The number of nitrogens with zero attached hydrogens (tertiary/aromatic N) is 1. The number of carbonyl (C=O) groups excluding carboxylic acids is 1. The molecule has 0 aliphatic carbocycles. The molecule has 0 radical (unpaired) electrons. The van der Waals surface area contributed by atoms with Gasteiger partial charge < -0.3 is 9.84 Å². The summed E-state index contributed by atoms with van der Waals surface area (Å²) >= 11 is 1.47. The van der Waals surface area contributed by atoms with E-state index >= 15 is 0 Å². The van der Waals surface area contributed by atoms with Crippen LogP contribution >= 0.6 is 11.3 Å². The molecule has 148 valence electrons. The van der Waals surface area contributed by atoms with Crippen molar-refractivity contribution < 1.29 is 19.4 Å². The number of rotatable bonds is 7. The fraction of sp³-hybridized carbons (Fsp3) is 0.0417. The first-order valence-electron chi connectivity index (χ1n) is 9.22. The molecule has 4 aromatic rings. The number of carbonyl (C=O) groups is 2. The zero-order chi connectivity index (χ0) is 20.9. The summed E-state index contributed by atoms with van der Waals surface area (Å²) in [5, 5.41) is 9.38. The molecule has 30 heavy (non-hydrogen) atoms. The summed E-state index contributed by atoms with van der Waals surface area (Å²) in [6.45, 7) is -0.404. The summed E-state index contributed by atoms with van der Waals surface area (Å²) in [5.41, 5.74) is 2.73. The van der Waals surface area contributed by atoms with Crippen LogP contribution in [0.4, 0.5) is 0 Å². The first kappa shape index (κ1) is 19.5. The van der Waals surface area contributed by atoms with E-state index in [2.05, 4.69) is 4.98 Å². The lowest BCUT2D eigenvalue weighted by Crippen LogP contribution is -2.09. The third-order valence-electron chi connectivity index (χ3n) is 4.36. The van der Waals surface area contributed by atoms with Gasteiger partial charge in [-0.3, -0.25) is 4.79 Å². The van der Waals surface area contributed by atoms with E-state index in [1.807, 2.05) is 42.5 Å². The highest BCUT2D eigenvalue weighted by atomic mass is 32.1. The van der Waals surface area contributed by atoms with Crippen molar-refractivity contribution in [2.75, 3.05) is 6.61 Å². The lowest BCUT2D eigenvalue weighted by molar-refractivity contribution is -0.139. The molecule has 5 nitrogen and oxygen atoms in total. The number of hydrogen-bond donors (Lipinski definition) is 1. The van der Waals surface area contributed by atoms with Gasteiger partial charge in [0.2, 0.25) is 0 Å². The Morgan fingerprint density at radius 2 is 1.63 bits per heavy atom. The predicted octanol–water partition coefficient (Wildman–Crippen LogP) is 5.18. The van der Waals surface area contributed by atoms with Gasteiger partial charge in [0, 0.05) is 5.56 Å². The van der Waals surface area contributed by atoms with Crippen LogP contribution in [0.1, 0.15) is 20.9 Å². The summed E-state index contributed by atoms with van der Waals surface area (Å²) < 4.78 is 6.18. The number of hydrogen-bond acceptors (Lipinski definition) is 5. The Morgan fingerprint density at radius 1 is 0.933 bits per heavy atom. The lowest BCUT2D eigenvalue weighted by Gasteiger charge is -2.06. The maximum absolute atomic E-state index is 13.3. The van der Waals surface area contributed by atoms with E-state index in [0.717, 1.165) is 15.8 Å². The summed E-state index contributed by atoms with van der Waals surface area (Å²) in [5.74, 6) is -0.697. The van der Waals surface area contributed by atoms with Crippen LogP contribution in [0.15, 0.2) is 78.9 Å². The molecule has 0 aliphatic heterocycles. The number of carboxylic acid groups (broad SMARTS) is 1. The SMILES string of the molecule is O=C(O)COc1ccc(/C=C(/C(=O)c2ccccc2)c2nc3ccccc3s2)cc1. The first-order chi connectivity index (χ1) is 14.6. The zero-order valence-electron chi connectivity index (χ0n) is 15.8. The third kappa shape index (κ3) is 4.45. The molecule has 0 unspecified atom stereocenters. The zero-order valence-corrected chi connectivity index (χ0v) is 16.6. The fourth-order valence-corrected chi connectivity index (χ4v) is 3.91. The second-order valence-electron chi connectivity index (χ2n) is 6.49. The summed E-state index contributed by atoms with van der Waals surface area (Å²) in [4.78, 5) is 28.6. The molecule has 0 amide bonds. The van der Waals surface area contributed by atoms with Gasteiger partial charge >= 0.3 is 5.97 Å². The average Bonchev–Trinajstić information content (AvgIpc) is 3.21. The third-order valence-corrected chi connectivity index (χ3v) is 5.43. The maximum atomic E-state index is 13.3. The highest BCUT2D eigenvalue weighted by Crippen LogP contribution is 2.31. The molecule has 4 rings (SSSR count). The van der Waals surface area contributed by atoms with Crippen molar-refractivity contribution in [1.82, 2.24) is 4.98 Å². The number of aliphatic carboxylic acids is 1. The van der Waals surface area contributed by atoms with Crippen LogP contribution < -0.4 is 4.74 Å². The topological polar surface area (TPSA) is 76.5 Å². The molecule has 3 aromatic carbocycles. The summed E-state index contributed by atoms with van der Waals surface area (Å²) in [6, 6.07) is 23.8. The van der Waals surface area contributed by atoms with Crippen molar-refractivity contribution in [2.24, 2.45) is 0 Å². The second-order valence-corrected chi connectivity index (χ2v) is 7.52. The van der Waals surface area contributed by atoms with E-state index in [1.54, 1.807) is 42.5 Å². The van der Waals surface area contributed by atoms with Gasteiger partial charge in [-0.05, 0) is 35.9 Å². The minimum atomic E-state index is -1.04. The predicted molar refractivity (Wildman–Crippen MR) is 118 cm³/mol. The lowest BCUT2D eigenvalue weighted by atomic mass is 10.0. The first-order valence-corrected chi connectivity index (χ1v) is 10.0. The van der Waals surface area contributed by atoms with Crippen LogP contribution in [0.2, 0.25) is 0 Å². The van der Waals surface area contributed by atoms with E-state index in [4.69, 9.17) is 9.84 Å². The molecule has 0 bridgehead atoms. The van der Waals surface area contributed by atoms with Crippen LogP contribution in [-0.2, 0) is 4.79 Å². The molecular formula is C24H17NO4S. The van der Waals surface area contributed by atoms with Crippen molar-refractivity contribution in [3.05, 3.63) is 95.0 Å². The number of allylic oxidation sites excluding steroid dienone is 1. The highest BCUT2D eigenvalue weighted by molar-refractivity contribution is 7.20. The van der Waals surface area contributed by atoms with Crippen molar-refractivity contribution in [3.63, 3.8) is 0 Å². The van der Waals surface area contributed by atoms with Crippen LogP contribution in [0, 0.1) is 0 Å². The molecule has 1 aromatic heterocycles. The van der Waals surface area contributed by atoms with Crippen molar-refractivity contribution in [2.45, 2.75) is 0 Å². The van der Waals surface area contributed by atoms with Crippen molar-refractivity contribution in [3.8, 4) is 5.75 Å². The van der Waals surface area contributed by atoms with Crippen LogP contribution in [0.25, 0.3) is 21.9 Å². The van der Waals surface area contributed by atoms with E-state index in [0.29, 0.717) is 21.9 Å². The minimum absolute atomic E-state index is 0.110. The van der Waals surface area contributed by atoms with Crippen molar-refractivity contribution >= 4 is 45.0 Å². The average molecular weight is 415 g/mol. The smallest absolute Gasteiger partial charge is 0.341 e. The van der Waals surface area contributed by atoms with Gasteiger partial charge in [-0.1, -0.05) is 54.6 Å². The van der Waals surface area contributed by atoms with Gasteiger partial charge in [-0.25, -0.2) is 9.78 Å². The number of carboxylic acids is 1. The standard InChI is InChI=1S/C24H17NO4S/c26-22(27)15-29-18-12-10-16(11-13-18)14-19(23(28)17-6-2-1-3-7-17)24-25-20-8-4-5-9-21(20)30-24/h1-14H,15H2,(H,26,27)/b19-14-. The van der Waals surface area contributed by atoms with E-state index in [-0.39, 0.29) is 5.78 Å². The Labute approximate surface area is 176 Å². The Morgan fingerprint density at radius 3 is 2.33 bits per heavy atom. The molecule has 0 aliphatic rings. The second kappa shape index (κ2) is 8.71. The van der Waals surface area contributed by atoms with E-state index in [9.17, 15) is 9.59 Å². The number of para-hydroxylation sites is 1. The molecule has 1 heterocycles. The molecular weight excluding hydrogens is 398 g/mol. The fourth-order valence-electron chi connectivity index (χ4n) is 2.93. The molecule has 0 spiro atoms. The molecule has 0 fully saturated rings. The van der Waals surface area contributed by atoms with E-state index in [1.165, 1.54) is 11.3 Å². The van der Waals surface area contributed by atoms with Gasteiger partial charge in [-0.2, -0.15) is 0 Å². The molecule has 6 heteroatoms. The number of fused-ring (bicyclic) bond motifs is 1.